The molecule has 3 heteroatoms. The third-order valence-electron chi connectivity index (χ3n) is 4.16. The van der Waals surface area contributed by atoms with E-state index < -0.39 is 0 Å². The maximum atomic E-state index is 14.1. The first-order chi connectivity index (χ1) is 10.1. The number of nitrogens with zero attached hydrogens (tertiary/aromatic N) is 1. The van der Waals surface area contributed by atoms with Gasteiger partial charge < -0.3 is 5.32 Å². The van der Waals surface area contributed by atoms with Crippen LogP contribution in [0, 0.1) is 11.7 Å². The lowest BCUT2D eigenvalue weighted by Crippen LogP contribution is -2.32. The molecule has 1 N–H and O–H groups in total. The largest absolute Gasteiger partial charge is 0.313 e. The third kappa shape index (κ3) is 5.40. The molecule has 1 aliphatic carbocycles. The predicted molar refractivity (Wildman–Crippen MR) is 86.7 cm³/mol. The van der Waals surface area contributed by atoms with Gasteiger partial charge in [-0.1, -0.05) is 19.1 Å². The molecule has 1 saturated carbocycles. The van der Waals surface area contributed by atoms with Crippen LogP contribution in [0.15, 0.2) is 18.2 Å². The summed E-state index contributed by atoms with van der Waals surface area (Å²) in [5.74, 6) is 0.764. The van der Waals surface area contributed by atoms with Crippen molar-refractivity contribution in [2.24, 2.45) is 5.92 Å². The average Bonchev–Trinajstić information content (AvgIpc) is 3.25. The summed E-state index contributed by atoms with van der Waals surface area (Å²) in [5, 5.41) is 3.38. The third-order valence-corrected chi connectivity index (χ3v) is 4.16. The molecular weight excluding hydrogens is 263 g/mol. The van der Waals surface area contributed by atoms with Crippen LogP contribution in [0.5, 0.6) is 0 Å². The summed E-state index contributed by atoms with van der Waals surface area (Å²) in [5.41, 5.74) is 2.01. The minimum atomic E-state index is -0.0734. The average molecular weight is 292 g/mol. The number of hydrogen-bond donors (Lipinski definition) is 1. The van der Waals surface area contributed by atoms with E-state index >= 15 is 0 Å². The Balaban J connectivity index is 2.00. The maximum Gasteiger partial charge on any atom is 0.127 e. The fraction of sp³-hybridized carbons (Fsp3) is 0.667. The summed E-state index contributed by atoms with van der Waals surface area (Å²) in [7, 11) is 0. The fourth-order valence-corrected chi connectivity index (χ4v) is 2.58. The highest BCUT2D eigenvalue weighted by Crippen LogP contribution is 2.31. The first kappa shape index (κ1) is 16.4. The smallest absolute Gasteiger partial charge is 0.127 e. The number of rotatable bonds is 9. The van der Waals surface area contributed by atoms with E-state index in [0.29, 0.717) is 6.04 Å². The standard InChI is InChI=1S/C18H29FN2/c1-4-9-20-11-16-7-8-18(19)17(10-16)13-21(14(2)3)12-15-5-6-15/h7-8,10,14-15,20H,4-6,9,11-13H2,1-3H3. The van der Waals surface area contributed by atoms with Gasteiger partial charge >= 0.3 is 0 Å². The lowest BCUT2D eigenvalue weighted by Gasteiger charge is -2.27. The van der Waals surface area contributed by atoms with Crippen LogP contribution in [0.4, 0.5) is 4.39 Å². The summed E-state index contributed by atoms with van der Waals surface area (Å²) >= 11 is 0. The van der Waals surface area contributed by atoms with Crippen molar-refractivity contribution in [3.05, 3.63) is 35.1 Å². The zero-order valence-corrected chi connectivity index (χ0v) is 13.7. The zero-order chi connectivity index (χ0) is 15.2. The molecule has 21 heavy (non-hydrogen) atoms. The second kappa shape index (κ2) is 7.90. The molecule has 2 rings (SSSR count). The van der Waals surface area contributed by atoms with Crippen molar-refractivity contribution >= 4 is 0 Å². The van der Waals surface area contributed by atoms with E-state index in [-0.39, 0.29) is 5.82 Å². The first-order valence-corrected chi connectivity index (χ1v) is 8.32. The number of hydrogen-bond acceptors (Lipinski definition) is 2. The molecule has 1 aromatic carbocycles. The van der Waals surface area contributed by atoms with Gasteiger partial charge in [0.1, 0.15) is 5.82 Å². The number of halogens is 1. The molecule has 0 heterocycles. The number of nitrogens with one attached hydrogen (secondary N) is 1. The van der Waals surface area contributed by atoms with Crippen molar-refractivity contribution in [2.75, 3.05) is 13.1 Å². The minimum absolute atomic E-state index is 0.0734. The van der Waals surface area contributed by atoms with Gasteiger partial charge in [0.25, 0.3) is 0 Å². The summed E-state index contributed by atoms with van der Waals surface area (Å²) in [6.45, 7) is 10.2. The van der Waals surface area contributed by atoms with Crippen LogP contribution in [0.1, 0.15) is 51.2 Å². The Morgan fingerprint density at radius 1 is 1.33 bits per heavy atom. The van der Waals surface area contributed by atoms with Crippen molar-refractivity contribution in [3.63, 3.8) is 0 Å². The quantitative estimate of drug-likeness (QED) is 0.693. The van der Waals surface area contributed by atoms with Crippen molar-refractivity contribution in [3.8, 4) is 0 Å². The molecule has 1 aromatic rings. The highest BCUT2D eigenvalue weighted by Gasteiger charge is 2.25. The molecule has 0 bridgehead atoms. The van der Waals surface area contributed by atoms with Gasteiger partial charge in [-0.3, -0.25) is 4.90 Å². The van der Waals surface area contributed by atoms with Gasteiger partial charge in [0.15, 0.2) is 0 Å². The highest BCUT2D eigenvalue weighted by atomic mass is 19.1. The topological polar surface area (TPSA) is 15.3 Å². The summed E-state index contributed by atoms with van der Waals surface area (Å²) in [6, 6.07) is 6.00. The molecule has 118 valence electrons. The molecule has 0 spiro atoms. The van der Waals surface area contributed by atoms with Crippen LogP contribution in [-0.2, 0) is 13.1 Å². The Hall–Kier alpha value is -0.930. The van der Waals surface area contributed by atoms with Gasteiger partial charge in [0.05, 0.1) is 0 Å². The van der Waals surface area contributed by atoms with Gasteiger partial charge in [-0.25, -0.2) is 4.39 Å². The van der Waals surface area contributed by atoms with E-state index in [2.05, 4.69) is 31.0 Å². The summed E-state index contributed by atoms with van der Waals surface area (Å²) < 4.78 is 14.1. The van der Waals surface area contributed by atoms with E-state index in [0.717, 1.165) is 44.1 Å². The van der Waals surface area contributed by atoms with Crippen LogP contribution < -0.4 is 5.32 Å². The first-order valence-electron chi connectivity index (χ1n) is 8.32. The molecule has 0 saturated heterocycles. The Morgan fingerprint density at radius 2 is 2.10 bits per heavy atom. The number of benzene rings is 1. The van der Waals surface area contributed by atoms with Gasteiger partial charge in [-0.05, 0) is 57.2 Å². The van der Waals surface area contributed by atoms with E-state index in [1.54, 1.807) is 6.07 Å². The van der Waals surface area contributed by atoms with Crippen molar-refractivity contribution in [1.29, 1.82) is 0 Å². The van der Waals surface area contributed by atoms with Gasteiger partial charge in [0, 0.05) is 31.2 Å². The second-order valence-corrected chi connectivity index (χ2v) is 6.57. The molecular formula is C18H29FN2. The van der Waals surface area contributed by atoms with Crippen molar-refractivity contribution in [1.82, 2.24) is 10.2 Å². The SMILES string of the molecule is CCCNCc1ccc(F)c(CN(CC2CC2)C(C)C)c1. The van der Waals surface area contributed by atoms with E-state index in [1.807, 2.05) is 12.1 Å². The highest BCUT2D eigenvalue weighted by molar-refractivity contribution is 5.25. The minimum Gasteiger partial charge on any atom is -0.313 e. The van der Waals surface area contributed by atoms with Crippen molar-refractivity contribution in [2.45, 2.75) is 59.2 Å². The van der Waals surface area contributed by atoms with E-state index in [4.69, 9.17) is 0 Å². The van der Waals surface area contributed by atoms with Gasteiger partial charge in [-0.2, -0.15) is 0 Å². The normalized spacial score (nSPS) is 15.1. The Labute approximate surface area is 128 Å². The van der Waals surface area contributed by atoms with Gasteiger partial charge in [0.2, 0.25) is 0 Å². The fourth-order valence-electron chi connectivity index (χ4n) is 2.58. The molecule has 0 aromatic heterocycles. The lowest BCUT2D eigenvalue weighted by atomic mass is 10.1. The van der Waals surface area contributed by atoms with Crippen LogP contribution in [0.2, 0.25) is 0 Å². The zero-order valence-electron chi connectivity index (χ0n) is 13.7. The molecule has 0 aliphatic heterocycles. The van der Waals surface area contributed by atoms with Crippen LogP contribution in [0.25, 0.3) is 0 Å². The Bertz CT molecular complexity index is 441. The molecule has 0 unspecified atom stereocenters. The van der Waals surface area contributed by atoms with E-state index in [9.17, 15) is 4.39 Å². The molecule has 0 amide bonds. The predicted octanol–water partition coefficient (Wildman–Crippen LogP) is 3.95. The molecule has 0 radical (unpaired) electrons. The Kier molecular flexibility index (Phi) is 6.19. The molecule has 2 nitrogen and oxygen atoms in total. The summed E-state index contributed by atoms with van der Waals surface area (Å²) in [4.78, 5) is 2.40. The van der Waals surface area contributed by atoms with E-state index in [1.165, 1.54) is 18.4 Å². The maximum absolute atomic E-state index is 14.1. The van der Waals surface area contributed by atoms with Crippen LogP contribution in [-0.4, -0.2) is 24.0 Å². The molecule has 1 aliphatic rings. The van der Waals surface area contributed by atoms with Crippen molar-refractivity contribution < 1.29 is 4.39 Å². The van der Waals surface area contributed by atoms with Gasteiger partial charge in [-0.15, -0.1) is 0 Å². The summed E-state index contributed by atoms with van der Waals surface area (Å²) in [6.07, 6.45) is 3.80. The lowest BCUT2D eigenvalue weighted by molar-refractivity contribution is 0.201. The second-order valence-electron chi connectivity index (χ2n) is 6.57. The van der Waals surface area contributed by atoms with Crippen LogP contribution in [0.3, 0.4) is 0 Å². The Morgan fingerprint density at radius 3 is 2.71 bits per heavy atom. The monoisotopic (exact) mass is 292 g/mol. The molecule has 1 fully saturated rings. The van der Waals surface area contributed by atoms with Crippen LogP contribution >= 0.6 is 0 Å². The molecule has 0 atom stereocenters.